The fourth-order valence-corrected chi connectivity index (χ4v) is 2.56. The van der Waals surface area contributed by atoms with Crippen molar-refractivity contribution in [1.82, 2.24) is 9.29 Å². The molecule has 78 valence electrons. The van der Waals surface area contributed by atoms with Gasteiger partial charge in [-0.25, -0.2) is 4.98 Å². The predicted octanol–water partition coefficient (Wildman–Crippen LogP) is 3.38. The van der Waals surface area contributed by atoms with Crippen molar-refractivity contribution in [3.8, 4) is 10.6 Å². The van der Waals surface area contributed by atoms with E-state index in [1.807, 2.05) is 25.7 Å². The zero-order valence-corrected chi connectivity index (χ0v) is 10.3. The van der Waals surface area contributed by atoms with Gasteiger partial charge in [-0.15, -0.1) is 11.3 Å². The molecule has 1 aromatic carbocycles. The molecule has 4 heteroatoms. The van der Waals surface area contributed by atoms with E-state index in [1.165, 1.54) is 10.5 Å². The van der Waals surface area contributed by atoms with Gasteiger partial charge in [0, 0.05) is 22.0 Å². The third kappa shape index (κ3) is 2.81. The zero-order chi connectivity index (χ0) is 10.7. The van der Waals surface area contributed by atoms with Crippen molar-refractivity contribution in [3.05, 3.63) is 35.8 Å². The maximum Gasteiger partial charge on any atom is 0.123 e. The number of aromatic nitrogens is 1. The third-order valence-corrected chi connectivity index (χ3v) is 3.49. The van der Waals surface area contributed by atoms with Gasteiger partial charge in [-0.3, -0.25) is 4.31 Å². The van der Waals surface area contributed by atoms with Crippen molar-refractivity contribution in [2.75, 3.05) is 14.1 Å². The molecule has 0 amide bonds. The summed E-state index contributed by atoms with van der Waals surface area (Å²) in [5, 5.41) is 3.08. The van der Waals surface area contributed by atoms with Crippen molar-refractivity contribution in [2.45, 2.75) is 4.90 Å². The molecule has 0 spiro atoms. The normalized spacial score (nSPS) is 10.9. The Kier molecular flexibility index (Phi) is 3.41. The Morgan fingerprint density at radius 2 is 1.93 bits per heavy atom. The summed E-state index contributed by atoms with van der Waals surface area (Å²) in [4.78, 5) is 5.53. The lowest BCUT2D eigenvalue weighted by molar-refractivity contribution is 0.702. The van der Waals surface area contributed by atoms with Gasteiger partial charge in [0.2, 0.25) is 0 Å². The number of hydrogen-bond donors (Lipinski definition) is 0. The summed E-state index contributed by atoms with van der Waals surface area (Å²) in [6.45, 7) is 0. The predicted molar refractivity (Wildman–Crippen MR) is 67.1 cm³/mol. The van der Waals surface area contributed by atoms with E-state index < -0.39 is 0 Å². The van der Waals surface area contributed by atoms with E-state index in [9.17, 15) is 0 Å². The van der Waals surface area contributed by atoms with Crippen LogP contribution in [-0.4, -0.2) is 23.4 Å². The lowest BCUT2D eigenvalue weighted by atomic mass is 10.2. The number of rotatable bonds is 3. The van der Waals surface area contributed by atoms with Gasteiger partial charge in [0.15, 0.2) is 0 Å². The first kappa shape index (κ1) is 10.7. The Morgan fingerprint density at radius 3 is 2.47 bits per heavy atom. The molecule has 2 aromatic rings. The van der Waals surface area contributed by atoms with Crippen molar-refractivity contribution in [1.29, 1.82) is 0 Å². The summed E-state index contributed by atoms with van der Waals surface area (Å²) in [6.07, 6.45) is 1.84. The summed E-state index contributed by atoms with van der Waals surface area (Å²) < 4.78 is 2.08. The molecule has 2 nitrogen and oxygen atoms in total. The Bertz CT molecular complexity index is 407. The first-order valence-corrected chi connectivity index (χ1v) is 6.26. The first-order valence-electron chi connectivity index (χ1n) is 4.61. The van der Waals surface area contributed by atoms with Gasteiger partial charge in [0.1, 0.15) is 5.01 Å². The van der Waals surface area contributed by atoms with E-state index in [0.29, 0.717) is 0 Å². The molecule has 0 N–H and O–H groups in total. The van der Waals surface area contributed by atoms with Gasteiger partial charge in [0.25, 0.3) is 0 Å². The summed E-state index contributed by atoms with van der Waals surface area (Å²) in [6, 6.07) is 8.48. The number of benzene rings is 1. The molecule has 0 aliphatic heterocycles. The highest BCUT2D eigenvalue weighted by molar-refractivity contribution is 7.97. The maximum atomic E-state index is 4.28. The Labute approximate surface area is 98.1 Å². The van der Waals surface area contributed by atoms with Crippen LogP contribution in [0.2, 0.25) is 0 Å². The molecule has 1 heterocycles. The van der Waals surface area contributed by atoms with Crippen LogP contribution in [-0.2, 0) is 0 Å². The summed E-state index contributed by atoms with van der Waals surface area (Å²) >= 11 is 3.39. The topological polar surface area (TPSA) is 16.1 Å². The van der Waals surface area contributed by atoms with E-state index in [0.717, 1.165) is 5.01 Å². The van der Waals surface area contributed by atoms with E-state index >= 15 is 0 Å². The highest BCUT2D eigenvalue weighted by atomic mass is 32.2. The molecule has 0 aliphatic rings. The fraction of sp³-hybridized carbons (Fsp3) is 0.182. The zero-order valence-electron chi connectivity index (χ0n) is 8.68. The number of thiazole rings is 1. The van der Waals surface area contributed by atoms with Gasteiger partial charge in [-0.1, -0.05) is 12.1 Å². The molecule has 15 heavy (non-hydrogen) atoms. The van der Waals surface area contributed by atoms with Gasteiger partial charge in [-0.2, -0.15) is 0 Å². The molecule has 0 bridgehead atoms. The van der Waals surface area contributed by atoms with Crippen LogP contribution < -0.4 is 0 Å². The van der Waals surface area contributed by atoms with Gasteiger partial charge >= 0.3 is 0 Å². The smallest absolute Gasteiger partial charge is 0.123 e. The fourth-order valence-electron chi connectivity index (χ4n) is 1.24. The maximum absolute atomic E-state index is 4.28. The average Bonchev–Trinajstić information content (AvgIpc) is 2.71. The summed E-state index contributed by atoms with van der Waals surface area (Å²) in [7, 11) is 4.08. The van der Waals surface area contributed by atoms with Crippen LogP contribution in [0.25, 0.3) is 10.6 Å². The second-order valence-electron chi connectivity index (χ2n) is 3.27. The molecule has 0 radical (unpaired) electrons. The van der Waals surface area contributed by atoms with Crippen LogP contribution in [0.3, 0.4) is 0 Å². The quantitative estimate of drug-likeness (QED) is 0.760. The molecule has 0 unspecified atom stereocenters. The van der Waals surface area contributed by atoms with E-state index in [4.69, 9.17) is 0 Å². The Hall–Kier alpha value is -0.840. The second kappa shape index (κ2) is 4.79. The molecule has 0 aliphatic carbocycles. The average molecular weight is 236 g/mol. The summed E-state index contributed by atoms with van der Waals surface area (Å²) in [5.41, 5.74) is 1.19. The van der Waals surface area contributed by atoms with E-state index in [-0.39, 0.29) is 0 Å². The number of nitrogens with zero attached hydrogens (tertiary/aromatic N) is 2. The van der Waals surface area contributed by atoms with Crippen LogP contribution in [0.1, 0.15) is 0 Å². The monoisotopic (exact) mass is 236 g/mol. The largest absolute Gasteiger partial charge is 0.253 e. The molecular weight excluding hydrogens is 224 g/mol. The minimum Gasteiger partial charge on any atom is -0.253 e. The molecular formula is C11H12N2S2. The number of hydrogen-bond acceptors (Lipinski definition) is 4. The standard InChI is InChI=1S/C11H12N2S2/c1-13(2)15-10-5-3-9(4-6-10)11-12-7-8-14-11/h3-8H,1-2H3. The van der Waals surface area contributed by atoms with Crippen molar-refractivity contribution in [2.24, 2.45) is 0 Å². The van der Waals surface area contributed by atoms with Gasteiger partial charge in [0.05, 0.1) is 0 Å². The van der Waals surface area contributed by atoms with E-state index in [1.54, 1.807) is 23.3 Å². The van der Waals surface area contributed by atoms with Gasteiger partial charge < -0.3 is 0 Å². The summed E-state index contributed by atoms with van der Waals surface area (Å²) in [5.74, 6) is 0. The van der Waals surface area contributed by atoms with E-state index in [2.05, 4.69) is 33.6 Å². The lowest BCUT2D eigenvalue weighted by Gasteiger charge is -2.08. The van der Waals surface area contributed by atoms with Crippen LogP contribution in [0.4, 0.5) is 0 Å². The molecule has 0 saturated heterocycles. The first-order chi connectivity index (χ1) is 7.25. The molecule has 2 rings (SSSR count). The highest BCUT2D eigenvalue weighted by Gasteiger charge is 2.01. The van der Waals surface area contributed by atoms with Crippen LogP contribution in [0.5, 0.6) is 0 Å². The highest BCUT2D eigenvalue weighted by Crippen LogP contribution is 2.25. The van der Waals surface area contributed by atoms with Crippen molar-refractivity contribution in [3.63, 3.8) is 0 Å². The Balaban J connectivity index is 2.17. The van der Waals surface area contributed by atoms with Crippen LogP contribution >= 0.6 is 23.3 Å². The minimum atomic E-state index is 1.08. The van der Waals surface area contributed by atoms with Crippen molar-refractivity contribution < 1.29 is 0 Å². The molecule has 0 fully saturated rings. The van der Waals surface area contributed by atoms with Crippen molar-refractivity contribution >= 4 is 23.3 Å². The second-order valence-corrected chi connectivity index (χ2v) is 5.54. The molecule has 0 saturated carbocycles. The molecule has 0 atom stereocenters. The Morgan fingerprint density at radius 1 is 1.20 bits per heavy atom. The van der Waals surface area contributed by atoms with Crippen LogP contribution in [0, 0.1) is 0 Å². The van der Waals surface area contributed by atoms with Crippen LogP contribution in [0.15, 0.2) is 40.7 Å². The van der Waals surface area contributed by atoms with Gasteiger partial charge in [-0.05, 0) is 38.2 Å². The molecule has 1 aromatic heterocycles. The minimum absolute atomic E-state index is 1.08. The third-order valence-electron chi connectivity index (χ3n) is 1.82. The SMILES string of the molecule is CN(C)Sc1ccc(-c2nccs2)cc1. The lowest BCUT2D eigenvalue weighted by Crippen LogP contribution is -1.98.